The van der Waals surface area contributed by atoms with E-state index >= 15 is 0 Å². The van der Waals surface area contributed by atoms with Crippen LogP contribution in [0, 0.1) is 23.7 Å². The molecule has 0 aliphatic heterocycles. The highest BCUT2D eigenvalue weighted by atomic mass is 16.3. The highest BCUT2D eigenvalue weighted by molar-refractivity contribution is 5.21. The van der Waals surface area contributed by atoms with Crippen LogP contribution in [0.4, 0.5) is 0 Å². The first kappa shape index (κ1) is 10.6. The van der Waals surface area contributed by atoms with Crippen LogP contribution >= 0.6 is 0 Å². The van der Waals surface area contributed by atoms with Crippen molar-refractivity contribution >= 4 is 0 Å². The molecule has 16 heavy (non-hydrogen) atoms. The summed E-state index contributed by atoms with van der Waals surface area (Å²) >= 11 is 0. The molecule has 0 radical (unpaired) electrons. The zero-order chi connectivity index (χ0) is 11.1. The molecule has 4 fully saturated rings. The van der Waals surface area contributed by atoms with E-state index in [0.29, 0.717) is 6.42 Å². The molecule has 0 aromatic heterocycles. The zero-order valence-electron chi connectivity index (χ0n) is 9.94. The average Bonchev–Trinajstić information content (AvgIpc) is 2.23. The van der Waals surface area contributed by atoms with Crippen LogP contribution in [0.15, 0.2) is 24.3 Å². The van der Waals surface area contributed by atoms with Crippen molar-refractivity contribution in [2.45, 2.75) is 44.6 Å². The van der Waals surface area contributed by atoms with Crippen LogP contribution in [-0.2, 0) is 0 Å². The highest BCUT2D eigenvalue weighted by Gasteiger charge is 2.44. The minimum Gasteiger partial charge on any atom is -0.389 e. The molecule has 0 heterocycles. The summed E-state index contributed by atoms with van der Waals surface area (Å²) in [6.45, 7) is 3.70. The summed E-state index contributed by atoms with van der Waals surface area (Å²) < 4.78 is 0. The SMILES string of the molecule is C=CC[C@H](O)C=C1C2CC3CC(C2)CC1C3. The second-order valence-corrected chi connectivity index (χ2v) is 6.06. The Morgan fingerprint density at radius 3 is 2.19 bits per heavy atom. The Balaban J connectivity index is 1.78. The van der Waals surface area contributed by atoms with Crippen molar-refractivity contribution < 1.29 is 5.11 Å². The largest absolute Gasteiger partial charge is 0.389 e. The minimum absolute atomic E-state index is 0.287. The fourth-order valence-corrected chi connectivity index (χ4v) is 4.46. The number of rotatable bonds is 3. The molecule has 0 aromatic carbocycles. The fraction of sp³-hybridized carbons (Fsp3) is 0.733. The van der Waals surface area contributed by atoms with E-state index in [0.717, 1.165) is 23.7 Å². The Kier molecular flexibility index (Phi) is 2.67. The predicted molar refractivity (Wildman–Crippen MR) is 65.9 cm³/mol. The van der Waals surface area contributed by atoms with Crippen molar-refractivity contribution in [1.29, 1.82) is 0 Å². The lowest BCUT2D eigenvalue weighted by atomic mass is 9.54. The fourth-order valence-electron chi connectivity index (χ4n) is 4.46. The van der Waals surface area contributed by atoms with Gasteiger partial charge in [-0.1, -0.05) is 17.7 Å². The number of allylic oxidation sites excluding steroid dienone is 1. The summed E-state index contributed by atoms with van der Waals surface area (Å²) in [6.07, 6.45) is 11.5. The molecule has 4 rings (SSSR count). The quantitative estimate of drug-likeness (QED) is 0.721. The van der Waals surface area contributed by atoms with Gasteiger partial charge in [-0.05, 0) is 62.2 Å². The van der Waals surface area contributed by atoms with Crippen LogP contribution < -0.4 is 0 Å². The average molecular weight is 218 g/mol. The zero-order valence-corrected chi connectivity index (χ0v) is 9.94. The monoisotopic (exact) mass is 218 g/mol. The van der Waals surface area contributed by atoms with Crippen molar-refractivity contribution in [3.63, 3.8) is 0 Å². The van der Waals surface area contributed by atoms with Gasteiger partial charge in [-0.25, -0.2) is 0 Å². The summed E-state index contributed by atoms with van der Waals surface area (Å²) in [4.78, 5) is 0. The Bertz CT molecular complexity index is 285. The number of aliphatic hydroxyl groups excluding tert-OH is 1. The van der Waals surface area contributed by atoms with Crippen molar-refractivity contribution in [1.82, 2.24) is 0 Å². The highest BCUT2D eigenvalue weighted by Crippen LogP contribution is 2.56. The van der Waals surface area contributed by atoms with Crippen molar-refractivity contribution in [3.05, 3.63) is 24.3 Å². The summed E-state index contributed by atoms with van der Waals surface area (Å²) in [5.74, 6) is 3.65. The van der Waals surface area contributed by atoms with Gasteiger partial charge in [-0.3, -0.25) is 0 Å². The van der Waals surface area contributed by atoms with E-state index in [-0.39, 0.29) is 6.10 Å². The van der Waals surface area contributed by atoms with Gasteiger partial charge in [0.1, 0.15) is 0 Å². The summed E-state index contributed by atoms with van der Waals surface area (Å²) in [5.41, 5.74) is 1.60. The molecule has 1 atom stereocenters. The Morgan fingerprint density at radius 2 is 1.69 bits per heavy atom. The maximum atomic E-state index is 9.89. The van der Waals surface area contributed by atoms with E-state index in [4.69, 9.17) is 0 Å². The predicted octanol–water partition coefficient (Wildman–Crippen LogP) is 3.31. The van der Waals surface area contributed by atoms with E-state index < -0.39 is 0 Å². The number of hydrogen-bond acceptors (Lipinski definition) is 1. The van der Waals surface area contributed by atoms with Gasteiger partial charge >= 0.3 is 0 Å². The third kappa shape index (κ3) is 1.75. The lowest BCUT2D eigenvalue weighted by Gasteiger charge is -2.51. The lowest BCUT2D eigenvalue weighted by molar-refractivity contribution is 0.0672. The first-order valence-electron chi connectivity index (χ1n) is 6.76. The van der Waals surface area contributed by atoms with Crippen molar-refractivity contribution in [2.24, 2.45) is 23.7 Å². The van der Waals surface area contributed by atoms with Gasteiger partial charge in [0.15, 0.2) is 0 Å². The summed E-state index contributed by atoms with van der Waals surface area (Å²) in [6, 6.07) is 0. The molecular weight excluding hydrogens is 196 g/mol. The molecule has 4 aliphatic rings. The third-order valence-corrected chi connectivity index (χ3v) is 4.87. The van der Waals surface area contributed by atoms with Crippen LogP contribution in [0.3, 0.4) is 0 Å². The van der Waals surface area contributed by atoms with E-state index in [2.05, 4.69) is 12.7 Å². The normalized spacial score (nSPS) is 42.2. The molecule has 4 saturated carbocycles. The third-order valence-electron chi connectivity index (χ3n) is 4.87. The van der Waals surface area contributed by atoms with Crippen molar-refractivity contribution in [2.75, 3.05) is 0 Å². The van der Waals surface area contributed by atoms with Crippen LogP contribution in [0.5, 0.6) is 0 Å². The van der Waals surface area contributed by atoms with Gasteiger partial charge in [-0.15, -0.1) is 6.58 Å². The molecule has 88 valence electrons. The molecule has 4 bridgehead atoms. The molecule has 4 aliphatic carbocycles. The van der Waals surface area contributed by atoms with Gasteiger partial charge in [0, 0.05) is 0 Å². The van der Waals surface area contributed by atoms with Gasteiger partial charge in [0.05, 0.1) is 6.10 Å². The second-order valence-electron chi connectivity index (χ2n) is 6.06. The van der Waals surface area contributed by atoms with E-state index in [9.17, 15) is 5.11 Å². The van der Waals surface area contributed by atoms with E-state index in [1.54, 1.807) is 5.57 Å². The van der Waals surface area contributed by atoms with E-state index in [1.807, 2.05) is 6.08 Å². The first-order chi connectivity index (χ1) is 7.76. The second kappa shape index (κ2) is 4.03. The first-order valence-corrected chi connectivity index (χ1v) is 6.76. The summed E-state index contributed by atoms with van der Waals surface area (Å²) in [5, 5.41) is 9.89. The van der Waals surface area contributed by atoms with Crippen LogP contribution in [-0.4, -0.2) is 11.2 Å². The van der Waals surface area contributed by atoms with Gasteiger partial charge in [0.25, 0.3) is 0 Å². The molecule has 0 aromatic rings. The molecule has 0 saturated heterocycles. The Morgan fingerprint density at radius 1 is 1.12 bits per heavy atom. The lowest BCUT2D eigenvalue weighted by Crippen LogP contribution is -2.40. The molecular formula is C15H22O. The van der Waals surface area contributed by atoms with Crippen molar-refractivity contribution in [3.8, 4) is 0 Å². The topological polar surface area (TPSA) is 20.2 Å². The molecule has 1 N–H and O–H groups in total. The van der Waals surface area contributed by atoms with Crippen LogP contribution in [0.25, 0.3) is 0 Å². The van der Waals surface area contributed by atoms with Gasteiger partial charge in [0.2, 0.25) is 0 Å². The smallest absolute Gasteiger partial charge is 0.0758 e. The standard InChI is InChI=1S/C15H22O/c1-2-3-14(16)9-15-12-5-10-4-11(7-12)8-13(15)6-10/h2,9-14,16H,1,3-8H2/t10?,11?,12?,13?,14-/m0/s1. The number of hydrogen-bond donors (Lipinski definition) is 1. The van der Waals surface area contributed by atoms with E-state index in [1.165, 1.54) is 32.1 Å². The number of aliphatic hydroxyl groups is 1. The summed E-state index contributed by atoms with van der Waals surface area (Å²) in [7, 11) is 0. The molecule has 0 spiro atoms. The minimum atomic E-state index is -0.287. The molecule has 0 unspecified atom stereocenters. The molecule has 1 heteroatoms. The molecule has 1 nitrogen and oxygen atoms in total. The van der Waals surface area contributed by atoms with Gasteiger partial charge in [-0.2, -0.15) is 0 Å². The Hall–Kier alpha value is -0.560. The van der Waals surface area contributed by atoms with Crippen LogP contribution in [0.1, 0.15) is 38.5 Å². The Labute approximate surface area is 98.2 Å². The maximum absolute atomic E-state index is 9.89. The van der Waals surface area contributed by atoms with Crippen LogP contribution in [0.2, 0.25) is 0 Å². The molecule has 0 amide bonds. The maximum Gasteiger partial charge on any atom is 0.0758 e. The van der Waals surface area contributed by atoms with Gasteiger partial charge < -0.3 is 5.11 Å².